The molecular weight excluding hydrogens is 426 g/mol. The number of rotatable bonds is 6. The Morgan fingerprint density at radius 3 is 2.39 bits per heavy atom. The number of hydrogen-bond acceptors (Lipinski definition) is 4. The molecule has 2 amide bonds. The first-order valence-corrected chi connectivity index (χ1v) is 9.96. The van der Waals surface area contributed by atoms with Crippen LogP contribution in [0.5, 0.6) is 0 Å². The largest absolute Gasteiger partial charge is 0.478 e. The van der Waals surface area contributed by atoms with E-state index in [0.717, 1.165) is 10.4 Å². The third-order valence-corrected chi connectivity index (χ3v) is 4.99. The fraction of sp³-hybridized carbons (Fsp3) is 0.0909. The number of aromatic carboxylic acids is 1. The highest BCUT2D eigenvalue weighted by Crippen LogP contribution is 2.23. The van der Waals surface area contributed by atoms with Gasteiger partial charge in [-0.15, -0.1) is 5.10 Å². The number of amides is 2. The molecule has 0 fully saturated rings. The number of carbonyl (C=O) groups is 3. The van der Waals surface area contributed by atoms with E-state index in [2.05, 4.69) is 20.4 Å². The van der Waals surface area contributed by atoms with E-state index in [9.17, 15) is 14.4 Å². The summed E-state index contributed by atoms with van der Waals surface area (Å²) in [6.07, 6.45) is 0. The van der Waals surface area contributed by atoms with Crippen LogP contribution >= 0.6 is 0 Å². The Morgan fingerprint density at radius 1 is 0.970 bits per heavy atom. The first kappa shape index (κ1) is 21.4. The molecule has 33 heavy (non-hydrogen) atoms. The van der Waals surface area contributed by atoms with Gasteiger partial charge in [-0.3, -0.25) is 9.59 Å². The summed E-state index contributed by atoms with van der Waals surface area (Å²) >= 11 is 0. The van der Waals surface area contributed by atoms with Crippen LogP contribution in [0.2, 0.25) is 0 Å². The van der Waals surface area contributed by atoms with E-state index in [1.165, 1.54) is 12.1 Å². The van der Waals surface area contributed by atoms with Gasteiger partial charge in [-0.1, -0.05) is 6.07 Å². The van der Waals surface area contributed by atoms with Gasteiger partial charge in [-0.25, -0.2) is 9.80 Å². The molecule has 0 aliphatic heterocycles. The number of carboxylic acids is 1. The average molecular weight is 447 g/mol. The van der Waals surface area contributed by atoms with Gasteiger partial charge < -0.3 is 31.9 Å². The summed E-state index contributed by atoms with van der Waals surface area (Å²) in [5.41, 5.74) is 13.3. The van der Waals surface area contributed by atoms with Crippen LogP contribution in [0.25, 0.3) is 21.8 Å². The lowest BCUT2D eigenvalue weighted by Crippen LogP contribution is -2.32. The molecule has 2 aromatic heterocycles. The summed E-state index contributed by atoms with van der Waals surface area (Å²) in [5, 5.41) is 18.3. The molecule has 0 aliphatic carbocycles. The summed E-state index contributed by atoms with van der Waals surface area (Å²) in [6.45, 7) is 2.03. The second-order valence-electron chi connectivity index (χ2n) is 7.28. The minimum absolute atomic E-state index is 0.137. The van der Waals surface area contributed by atoms with Crippen LogP contribution in [0.1, 0.15) is 38.3 Å². The van der Waals surface area contributed by atoms with Crippen molar-refractivity contribution >= 4 is 51.2 Å². The number of carbonyl (C=O) groups excluding carboxylic acids is 2. The number of anilines is 1. The van der Waals surface area contributed by atoms with E-state index in [0.29, 0.717) is 27.8 Å². The van der Waals surface area contributed by atoms with Gasteiger partial charge in [-0.05, 0) is 49.4 Å². The number of nitrogens with zero attached hydrogens (tertiary/aromatic N) is 2. The fourth-order valence-electron chi connectivity index (χ4n) is 3.44. The number of hydrogen-bond donors (Lipinski definition) is 6. The van der Waals surface area contributed by atoms with Crippen molar-refractivity contribution in [2.75, 3.05) is 11.9 Å². The second kappa shape index (κ2) is 8.38. The van der Waals surface area contributed by atoms with Crippen molar-refractivity contribution in [3.8, 4) is 0 Å². The Bertz CT molecular complexity index is 1430. The third kappa shape index (κ3) is 4.32. The molecule has 4 rings (SSSR count). The van der Waals surface area contributed by atoms with E-state index in [4.69, 9.17) is 16.6 Å². The normalized spacial score (nSPS) is 10.8. The van der Waals surface area contributed by atoms with Crippen molar-refractivity contribution in [2.45, 2.75) is 6.92 Å². The lowest BCUT2D eigenvalue weighted by atomic mass is 10.1. The number of hydrazone groups is 1. The average Bonchev–Trinajstić information content (AvgIpc) is 3.40. The monoisotopic (exact) mass is 447 g/mol. The maximum Gasteiger partial charge on any atom is 0.335 e. The Labute approximate surface area is 187 Å². The van der Waals surface area contributed by atoms with Gasteiger partial charge in [0.05, 0.1) is 5.56 Å². The van der Waals surface area contributed by atoms with E-state index < -0.39 is 17.8 Å². The van der Waals surface area contributed by atoms with Gasteiger partial charge in [0.25, 0.3) is 11.8 Å². The van der Waals surface area contributed by atoms with E-state index in [1.54, 1.807) is 43.3 Å². The quantitative estimate of drug-likeness (QED) is 0.150. The molecule has 11 nitrogen and oxygen atoms in total. The standard InChI is InChI=1S/C22H21N7O4/c1-2-29(28-22(23)24)20(31)18-8-11-3-5-14(10-16(11)27-18)25-19(30)17-9-13-7-12(21(32)33)4-6-15(13)26-17/h3-10,26-27H,2H2,1H3,(H,25,30)(H,32,33)(H4,23,24,28). The molecule has 0 bridgehead atoms. The molecule has 2 heterocycles. The molecule has 0 atom stereocenters. The van der Waals surface area contributed by atoms with Crippen LogP contribution in [0.15, 0.2) is 53.6 Å². The minimum Gasteiger partial charge on any atom is -0.478 e. The van der Waals surface area contributed by atoms with Crippen molar-refractivity contribution in [3.05, 3.63) is 65.5 Å². The van der Waals surface area contributed by atoms with Crippen LogP contribution in [0.3, 0.4) is 0 Å². The van der Waals surface area contributed by atoms with Crippen molar-refractivity contribution in [1.82, 2.24) is 15.0 Å². The van der Waals surface area contributed by atoms with Gasteiger partial charge in [0.2, 0.25) is 5.96 Å². The maximum absolute atomic E-state index is 12.7. The zero-order valence-corrected chi connectivity index (χ0v) is 17.5. The van der Waals surface area contributed by atoms with Crippen molar-refractivity contribution in [2.24, 2.45) is 16.6 Å². The molecular formula is C22H21N7O4. The highest BCUT2D eigenvalue weighted by molar-refractivity contribution is 6.07. The third-order valence-electron chi connectivity index (χ3n) is 4.99. The highest BCUT2D eigenvalue weighted by Gasteiger charge is 2.17. The first-order chi connectivity index (χ1) is 15.7. The maximum atomic E-state index is 12.7. The Morgan fingerprint density at radius 2 is 1.70 bits per heavy atom. The number of nitrogens with one attached hydrogen (secondary N) is 3. The molecule has 0 unspecified atom stereocenters. The highest BCUT2D eigenvalue weighted by atomic mass is 16.4. The van der Waals surface area contributed by atoms with Gasteiger partial charge in [0, 0.05) is 34.0 Å². The zero-order valence-electron chi connectivity index (χ0n) is 17.5. The van der Waals surface area contributed by atoms with E-state index >= 15 is 0 Å². The number of aromatic amines is 2. The number of carboxylic acid groups (broad SMARTS) is 1. The van der Waals surface area contributed by atoms with Crippen LogP contribution < -0.4 is 16.8 Å². The van der Waals surface area contributed by atoms with E-state index in [-0.39, 0.29) is 23.8 Å². The number of guanidine groups is 1. The number of H-pyrrole nitrogens is 2. The van der Waals surface area contributed by atoms with Gasteiger partial charge >= 0.3 is 5.97 Å². The Kier molecular flexibility index (Phi) is 5.44. The fourth-order valence-corrected chi connectivity index (χ4v) is 3.44. The van der Waals surface area contributed by atoms with Crippen LogP contribution in [-0.2, 0) is 0 Å². The lowest BCUT2D eigenvalue weighted by Gasteiger charge is -2.13. The first-order valence-electron chi connectivity index (χ1n) is 9.96. The molecule has 4 aromatic rings. The minimum atomic E-state index is -1.04. The van der Waals surface area contributed by atoms with Crippen molar-refractivity contribution in [1.29, 1.82) is 0 Å². The van der Waals surface area contributed by atoms with Crippen molar-refractivity contribution in [3.63, 3.8) is 0 Å². The Balaban J connectivity index is 1.56. The molecule has 8 N–H and O–H groups in total. The molecule has 168 valence electrons. The smallest absolute Gasteiger partial charge is 0.335 e. The predicted octanol–water partition coefficient (Wildman–Crippen LogP) is 2.25. The van der Waals surface area contributed by atoms with Crippen LogP contribution in [0, 0.1) is 0 Å². The van der Waals surface area contributed by atoms with Crippen molar-refractivity contribution < 1.29 is 19.5 Å². The molecule has 0 saturated heterocycles. The van der Waals surface area contributed by atoms with Gasteiger partial charge in [0.1, 0.15) is 11.4 Å². The summed E-state index contributed by atoms with van der Waals surface area (Å²) in [7, 11) is 0. The number of nitrogens with two attached hydrogens (primary N) is 2. The number of benzene rings is 2. The van der Waals surface area contributed by atoms with Crippen LogP contribution in [0.4, 0.5) is 5.69 Å². The molecule has 11 heteroatoms. The second-order valence-corrected chi connectivity index (χ2v) is 7.28. The summed E-state index contributed by atoms with van der Waals surface area (Å²) in [4.78, 5) is 42.5. The SMILES string of the molecule is CCN(N=C(N)N)C(=O)c1cc2ccc(NC(=O)c3cc4cc(C(=O)O)ccc4[nH]3)cc2[nH]1. The topological polar surface area (TPSA) is 183 Å². The molecule has 0 aliphatic rings. The molecule has 0 saturated carbocycles. The van der Waals surface area contributed by atoms with Gasteiger partial charge in [-0.2, -0.15) is 0 Å². The number of fused-ring (bicyclic) bond motifs is 2. The molecule has 2 aromatic carbocycles. The predicted molar refractivity (Wildman–Crippen MR) is 124 cm³/mol. The van der Waals surface area contributed by atoms with E-state index in [1.807, 2.05) is 0 Å². The number of aromatic nitrogens is 2. The summed E-state index contributed by atoms with van der Waals surface area (Å²) < 4.78 is 0. The molecule has 0 radical (unpaired) electrons. The lowest BCUT2D eigenvalue weighted by molar-refractivity contribution is 0.0695. The summed E-state index contributed by atoms with van der Waals surface area (Å²) in [6, 6.07) is 13.0. The van der Waals surface area contributed by atoms with Gasteiger partial charge in [0.15, 0.2) is 0 Å². The Hall–Kier alpha value is -4.80. The zero-order chi connectivity index (χ0) is 23.7. The summed E-state index contributed by atoms with van der Waals surface area (Å²) in [5.74, 6) is -2.05. The molecule has 0 spiro atoms. The van der Waals surface area contributed by atoms with Crippen LogP contribution in [-0.4, -0.2) is 50.4 Å².